The zero-order valence-corrected chi connectivity index (χ0v) is 7.23. The molecule has 0 fully saturated rings. The molecule has 4 nitrogen and oxygen atoms in total. The van der Waals surface area contributed by atoms with Crippen LogP contribution in [0, 0.1) is 0 Å². The zero-order valence-electron chi connectivity index (χ0n) is 6.42. The number of aliphatic imine (C=N–C) groups is 1. The van der Waals surface area contributed by atoms with Gasteiger partial charge in [0.2, 0.25) is 0 Å². The average Bonchev–Trinajstić information content (AvgIpc) is 2.04. The van der Waals surface area contributed by atoms with Gasteiger partial charge in [-0.2, -0.15) is 0 Å². The van der Waals surface area contributed by atoms with Gasteiger partial charge in [0.25, 0.3) is 5.56 Å². The zero-order chi connectivity index (χ0) is 8.55. The smallest absolute Gasteiger partial charge is 0.265 e. The van der Waals surface area contributed by atoms with Crippen molar-refractivity contribution < 1.29 is 0 Å². The Morgan fingerprint density at radius 2 is 2.42 bits per heavy atom. The molecule has 1 aliphatic heterocycles. The monoisotopic (exact) mass is 181 g/mol. The number of H-pyrrole nitrogens is 1. The minimum absolute atomic E-state index is 0.0961. The van der Waals surface area contributed by atoms with E-state index in [1.54, 1.807) is 12.3 Å². The molecule has 0 bridgehead atoms. The molecule has 0 spiro atoms. The van der Waals surface area contributed by atoms with Crippen LogP contribution >= 0.6 is 11.9 Å². The van der Waals surface area contributed by atoms with Gasteiger partial charge < -0.3 is 9.71 Å². The fourth-order valence-electron chi connectivity index (χ4n) is 0.969. The van der Waals surface area contributed by atoms with E-state index in [1.807, 2.05) is 6.92 Å². The summed E-state index contributed by atoms with van der Waals surface area (Å²) in [5, 5.41) is 0. The predicted molar refractivity (Wildman–Crippen MR) is 48.8 cm³/mol. The average molecular weight is 181 g/mol. The van der Waals surface area contributed by atoms with Crippen LogP contribution < -0.4 is 10.3 Å². The van der Waals surface area contributed by atoms with Gasteiger partial charge in [-0.05, 0) is 24.9 Å². The van der Waals surface area contributed by atoms with Crippen LogP contribution in [0.5, 0.6) is 0 Å². The van der Waals surface area contributed by atoms with Gasteiger partial charge in [0, 0.05) is 6.20 Å². The summed E-state index contributed by atoms with van der Waals surface area (Å²) in [5.41, 5.74) is 0.640. The summed E-state index contributed by atoms with van der Waals surface area (Å²) in [6, 6.07) is 1.79. The van der Waals surface area contributed by atoms with Crippen LogP contribution in [0.1, 0.15) is 6.92 Å². The highest BCUT2D eigenvalue weighted by atomic mass is 32.2. The predicted octanol–water partition coefficient (Wildman–Crippen LogP) is 1.04. The van der Waals surface area contributed by atoms with Crippen LogP contribution in [0.2, 0.25) is 0 Å². The Labute approximate surface area is 73.2 Å². The summed E-state index contributed by atoms with van der Waals surface area (Å²) >= 11 is 1.30. The molecule has 0 saturated heterocycles. The third-order valence-electron chi connectivity index (χ3n) is 1.48. The van der Waals surface area contributed by atoms with Gasteiger partial charge in [-0.1, -0.05) is 0 Å². The molecule has 0 saturated carbocycles. The first kappa shape index (κ1) is 7.42. The lowest BCUT2D eigenvalue weighted by atomic mass is 10.4. The maximum Gasteiger partial charge on any atom is 0.265 e. The maximum absolute atomic E-state index is 11.2. The molecule has 62 valence electrons. The number of nitrogens with zero attached hydrogens (tertiary/aromatic N) is 1. The summed E-state index contributed by atoms with van der Waals surface area (Å²) in [7, 11) is 0. The number of pyridine rings is 1. The third kappa shape index (κ3) is 1.12. The van der Waals surface area contributed by atoms with Gasteiger partial charge in [0.15, 0.2) is 0 Å². The largest absolute Gasteiger partial charge is 0.328 e. The number of rotatable bonds is 0. The number of hydrogen-bond donors (Lipinski definition) is 2. The molecule has 0 radical (unpaired) electrons. The van der Waals surface area contributed by atoms with E-state index in [0.29, 0.717) is 4.90 Å². The Morgan fingerprint density at radius 1 is 1.58 bits per heavy atom. The minimum Gasteiger partial charge on any atom is -0.328 e. The first-order chi connectivity index (χ1) is 5.77. The van der Waals surface area contributed by atoms with Gasteiger partial charge in [0.1, 0.15) is 10.7 Å². The minimum atomic E-state index is -0.0961. The van der Waals surface area contributed by atoms with E-state index in [-0.39, 0.29) is 5.56 Å². The Balaban J connectivity index is 2.65. The van der Waals surface area contributed by atoms with E-state index in [9.17, 15) is 4.79 Å². The summed E-state index contributed by atoms with van der Waals surface area (Å²) in [4.78, 5) is 18.6. The van der Waals surface area contributed by atoms with Crippen molar-refractivity contribution in [2.75, 3.05) is 0 Å². The number of amidine groups is 1. The van der Waals surface area contributed by atoms with Crippen LogP contribution in [0.3, 0.4) is 0 Å². The molecule has 1 aliphatic rings. The fourth-order valence-corrected chi connectivity index (χ4v) is 1.63. The number of aromatic amines is 1. The standard InChI is InChI=1S/C7H7N3OS/c1-4-9-5-2-3-8-7(11)6(5)12-10-4/h2-3H,1H3,(H,8,11)(H,9,10). The van der Waals surface area contributed by atoms with Crippen molar-refractivity contribution >= 4 is 23.5 Å². The van der Waals surface area contributed by atoms with E-state index in [0.717, 1.165) is 11.5 Å². The normalized spacial score (nSPS) is 14.6. The van der Waals surface area contributed by atoms with Gasteiger partial charge in [0.05, 0.1) is 5.69 Å². The summed E-state index contributed by atoms with van der Waals surface area (Å²) < 4.78 is 2.93. The molecule has 0 aliphatic carbocycles. The molecule has 0 amide bonds. The Kier molecular flexibility index (Phi) is 1.65. The molecule has 2 heterocycles. The van der Waals surface area contributed by atoms with Crippen molar-refractivity contribution in [3.05, 3.63) is 22.6 Å². The quantitative estimate of drug-likeness (QED) is 0.588. The van der Waals surface area contributed by atoms with E-state index < -0.39 is 0 Å². The summed E-state index contributed by atoms with van der Waals surface area (Å²) in [5.74, 6) is 0.818. The van der Waals surface area contributed by atoms with Crippen LogP contribution in [-0.4, -0.2) is 10.8 Å². The molecule has 1 aromatic rings. The maximum atomic E-state index is 11.2. The molecule has 2 N–H and O–H groups in total. The van der Waals surface area contributed by atoms with E-state index in [4.69, 9.17) is 0 Å². The van der Waals surface area contributed by atoms with E-state index >= 15 is 0 Å². The van der Waals surface area contributed by atoms with Crippen molar-refractivity contribution in [3.63, 3.8) is 0 Å². The number of nitrogens with one attached hydrogen (secondary N) is 2. The number of hydrogen-bond acceptors (Lipinski definition) is 4. The third-order valence-corrected chi connectivity index (χ3v) is 2.48. The second-order valence-corrected chi connectivity index (χ2v) is 3.24. The molecule has 5 heteroatoms. The Morgan fingerprint density at radius 3 is 3.25 bits per heavy atom. The van der Waals surface area contributed by atoms with Crippen LogP contribution in [0.25, 0.3) is 0 Å². The lowest BCUT2D eigenvalue weighted by Crippen LogP contribution is -2.19. The highest BCUT2D eigenvalue weighted by Crippen LogP contribution is 2.26. The van der Waals surface area contributed by atoms with Gasteiger partial charge in [-0.15, -0.1) is 0 Å². The van der Waals surface area contributed by atoms with Crippen molar-refractivity contribution in [1.29, 1.82) is 0 Å². The van der Waals surface area contributed by atoms with Crippen LogP contribution in [-0.2, 0) is 0 Å². The Bertz CT molecular complexity index is 396. The molecule has 0 atom stereocenters. The molecule has 0 unspecified atom stereocenters. The van der Waals surface area contributed by atoms with Crippen molar-refractivity contribution in [1.82, 2.24) is 9.71 Å². The van der Waals surface area contributed by atoms with Crippen LogP contribution in [0.4, 0.5) is 5.69 Å². The first-order valence-corrected chi connectivity index (χ1v) is 4.29. The van der Waals surface area contributed by atoms with Crippen LogP contribution in [0.15, 0.2) is 26.9 Å². The number of fused-ring (bicyclic) bond motifs is 1. The molecule has 12 heavy (non-hydrogen) atoms. The highest BCUT2D eigenvalue weighted by molar-refractivity contribution is 7.98. The van der Waals surface area contributed by atoms with Gasteiger partial charge >= 0.3 is 0 Å². The summed E-state index contributed by atoms with van der Waals surface area (Å²) in [6.45, 7) is 1.86. The lowest BCUT2D eigenvalue weighted by molar-refractivity contribution is 1.11. The van der Waals surface area contributed by atoms with E-state index in [2.05, 4.69) is 14.7 Å². The second-order valence-electron chi connectivity index (χ2n) is 2.42. The molecular weight excluding hydrogens is 174 g/mol. The molecule has 2 rings (SSSR count). The fraction of sp³-hybridized carbons (Fsp3) is 0.143. The molecule has 0 aromatic carbocycles. The van der Waals surface area contributed by atoms with Crippen molar-refractivity contribution in [2.45, 2.75) is 11.8 Å². The lowest BCUT2D eigenvalue weighted by Gasteiger charge is -2.11. The van der Waals surface area contributed by atoms with Gasteiger partial charge in [-0.25, -0.2) is 4.99 Å². The van der Waals surface area contributed by atoms with Crippen molar-refractivity contribution in [3.8, 4) is 0 Å². The molecule has 1 aromatic heterocycles. The highest BCUT2D eigenvalue weighted by Gasteiger charge is 2.11. The SMILES string of the molecule is CC1=Nc2cc[nH]c(=O)c2SN1. The first-order valence-electron chi connectivity index (χ1n) is 3.47. The van der Waals surface area contributed by atoms with E-state index in [1.165, 1.54) is 11.9 Å². The summed E-state index contributed by atoms with van der Waals surface area (Å²) in [6.07, 6.45) is 1.60. The van der Waals surface area contributed by atoms with Crippen molar-refractivity contribution in [2.24, 2.45) is 4.99 Å². The second kappa shape index (κ2) is 2.67. The topological polar surface area (TPSA) is 57.2 Å². The molecular formula is C7H7N3OS. The van der Waals surface area contributed by atoms with Gasteiger partial charge in [-0.3, -0.25) is 4.79 Å². The Hall–Kier alpha value is -1.23. The number of aromatic nitrogens is 1.